The molecule has 0 fully saturated rings. The minimum atomic E-state index is 0.566. The molecule has 0 N–H and O–H groups in total. The molecule has 2 aromatic heterocycles. The highest BCUT2D eigenvalue weighted by atomic mass is 79.9. The lowest BCUT2D eigenvalue weighted by Crippen LogP contribution is -2.00. The van der Waals surface area contributed by atoms with Gasteiger partial charge in [0.25, 0.3) is 0 Å². The average molecular weight is 382 g/mol. The highest BCUT2D eigenvalue weighted by Gasteiger charge is 2.13. The van der Waals surface area contributed by atoms with E-state index in [4.69, 9.17) is 11.6 Å². The van der Waals surface area contributed by atoms with Crippen molar-refractivity contribution >= 4 is 45.2 Å². The zero-order valence-electron chi connectivity index (χ0n) is 10.8. The first kappa shape index (κ1) is 14.5. The molecule has 0 amide bonds. The van der Waals surface area contributed by atoms with Crippen molar-refractivity contribution in [2.24, 2.45) is 0 Å². The van der Waals surface area contributed by atoms with Gasteiger partial charge < -0.3 is 0 Å². The van der Waals surface area contributed by atoms with E-state index in [0.29, 0.717) is 22.1 Å². The normalized spacial score (nSPS) is 10.8. The number of thiophene rings is 1. The van der Waals surface area contributed by atoms with Gasteiger partial charge >= 0.3 is 0 Å². The molecule has 6 heteroatoms. The Morgan fingerprint density at radius 2 is 2.19 bits per heavy atom. The largest absolute Gasteiger partial charge is 0.298 e. The van der Waals surface area contributed by atoms with Crippen LogP contribution in [0.3, 0.4) is 0 Å². The van der Waals surface area contributed by atoms with Crippen molar-refractivity contribution in [2.45, 2.75) is 6.54 Å². The van der Waals surface area contributed by atoms with Crippen LogP contribution in [0.2, 0.25) is 4.34 Å². The minimum absolute atomic E-state index is 0.566. The van der Waals surface area contributed by atoms with E-state index in [0.717, 1.165) is 21.9 Å². The van der Waals surface area contributed by atoms with Gasteiger partial charge in [0, 0.05) is 21.6 Å². The molecule has 3 nitrogen and oxygen atoms in total. The van der Waals surface area contributed by atoms with Crippen LogP contribution in [0.15, 0.2) is 46.4 Å². The third-order valence-electron chi connectivity index (χ3n) is 3.05. The Hall–Kier alpha value is -1.43. The predicted octanol–water partition coefficient (Wildman–Crippen LogP) is 4.89. The van der Waals surface area contributed by atoms with Crippen LogP contribution >= 0.6 is 38.9 Å². The Morgan fingerprint density at radius 3 is 2.86 bits per heavy atom. The summed E-state index contributed by atoms with van der Waals surface area (Å²) in [4.78, 5) is 11.2. The Bertz CT molecular complexity index is 797. The number of aromatic nitrogens is 2. The molecule has 2 heterocycles. The van der Waals surface area contributed by atoms with Crippen LogP contribution in [0.1, 0.15) is 15.9 Å². The van der Waals surface area contributed by atoms with Gasteiger partial charge in [0.2, 0.25) is 0 Å². The van der Waals surface area contributed by atoms with Gasteiger partial charge in [-0.25, -0.2) is 0 Å². The Kier molecular flexibility index (Phi) is 4.24. The number of carbonyl (C=O) groups is 1. The lowest BCUT2D eigenvalue weighted by molar-refractivity contribution is 0.112. The number of carbonyl (C=O) groups excluding carboxylic acids is 1. The standard InChI is InChI=1S/C15H10BrClN2OS/c16-13-4-2-1-3-10(13)6-19-7-12(8-20)15(18-19)11-5-14(17)21-9-11/h1-5,7-9H,6H2. The van der Waals surface area contributed by atoms with E-state index in [-0.39, 0.29) is 0 Å². The summed E-state index contributed by atoms with van der Waals surface area (Å²) < 4.78 is 3.47. The molecular weight excluding hydrogens is 372 g/mol. The number of nitrogens with zero attached hydrogens (tertiary/aromatic N) is 2. The van der Waals surface area contributed by atoms with Crippen LogP contribution < -0.4 is 0 Å². The smallest absolute Gasteiger partial charge is 0.153 e. The maximum absolute atomic E-state index is 11.2. The molecule has 0 aliphatic heterocycles. The second-order valence-corrected chi connectivity index (χ2v) is 6.88. The third-order valence-corrected chi connectivity index (χ3v) is 4.91. The first-order chi connectivity index (χ1) is 10.2. The number of hydrogen-bond donors (Lipinski definition) is 0. The number of halogens is 2. The maximum atomic E-state index is 11.2. The molecule has 21 heavy (non-hydrogen) atoms. The Morgan fingerprint density at radius 1 is 1.38 bits per heavy atom. The molecule has 1 aromatic carbocycles. The summed E-state index contributed by atoms with van der Waals surface area (Å²) in [5.41, 5.74) is 3.21. The van der Waals surface area contributed by atoms with E-state index in [1.165, 1.54) is 11.3 Å². The van der Waals surface area contributed by atoms with Crippen LogP contribution in [-0.4, -0.2) is 16.1 Å². The van der Waals surface area contributed by atoms with Crippen LogP contribution in [0.4, 0.5) is 0 Å². The second-order valence-electron chi connectivity index (χ2n) is 4.48. The number of rotatable bonds is 4. The van der Waals surface area contributed by atoms with E-state index >= 15 is 0 Å². The summed E-state index contributed by atoms with van der Waals surface area (Å²) in [6.45, 7) is 0.597. The molecule has 0 saturated carbocycles. The van der Waals surface area contributed by atoms with Crippen molar-refractivity contribution in [1.29, 1.82) is 0 Å². The van der Waals surface area contributed by atoms with Crippen molar-refractivity contribution in [3.63, 3.8) is 0 Å². The van der Waals surface area contributed by atoms with E-state index in [9.17, 15) is 4.79 Å². The molecule has 0 unspecified atom stereocenters. The van der Waals surface area contributed by atoms with Crippen molar-refractivity contribution < 1.29 is 4.79 Å². The average Bonchev–Trinajstić information content (AvgIpc) is 3.07. The number of hydrogen-bond acceptors (Lipinski definition) is 3. The fraction of sp³-hybridized carbons (Fsp3) is 0.0667. The van der Waals surface area contributed by atoms with Gasteiger partial charge in [0.15, 0.2) is 6.29 Å². The van der Waals surface area contributed by atoms with Gasteiger partial charge in [0.05, 0.1) is 16.4 Å². The molecule has 0 radical (unpaired) electrons. The van der Waals surface area contributed by atoms with Crippen molar-refractivity contribution in [2.75, 3.05) is 0 Å². The zero-order valence-corrected chi connectivity index (χ0v) is 14.0. The molecule has 3 rings (SSSR count). The quantitative estimate of drug-likeness (QED) is 0.603. The number of aldehydes is 1. The Balaban J connectivity index is 1.96. The van der Waals surface area contributed by atoms with E-state index in [2.05, 4.69) is 21.0 Å². The van der Waals surface area contributed by atoms with Gasteiger partial charge in [-0.3, -0.25) is 9.48 Å². The van der Waals surface area contributed by atoms with Gasteiger partial charge in [-0.1, -0.05) is 45.7 Å². The second kappa shape index (κ2) is 6.13. The predicted molar refractivity (Wildman–Crippen MR) is 89.2 cm³/mol. The Labute approximate surface area is 139 Å². The van der Waals surface area contributed by atoms with Crippen molar-refractivity contribution in [3.8, 4) is 11.3 Å². The fourth-order valence-corrected chi connectivity index (χ4v) is 3.34. The highest BCUT2D eigenvalue weighted by molar-refractivity contribution is 9.10. The minimum Gasteiger partial charge on any atom is -0.298 e. The summed E-state index contributed by atoms with van der Waals surface area (Å²) in [5, 5.41) is 6.42. The highest BCUT2D eigenvalue weighted by Crippen LogP contribution is 2.29. The van der Waals surface area contributed by atoms with Crippen LogP contribution in [0.5, 0.6) is 0 Å². The molecular formula is C15H10BrClN2OS. The molecule has 106 valence electrons. The topological polar surface area (TPSA) is 34.9 Å². The summed E-state index contributed by atoms with van der Waals surface area (Å²) >= 11 is 10.9. The molecule has 0 atom stereocenters. The SMILES string of the molecule is O=Cc1cn(Cc2ccccc2Br)nc1-c1csc(Cl)c1. The third kappa shape index (κ3) is 3.10. The van der Waals surface area contributed by atoms with E-state index in [1.54, 1.807) is 10.9 Å². The summed E-state index contributed by atoms with van der Waals surface area (Å²) in [6, 6.07) is 9.77. The lowest BCUT2D eigenvalue weighted by atomic mass is 10.2. The molecule has 3 aromatic rings. The summed E-state index contributed by atoms with van der Waals surface area (Å²) in [5.74, 6) is 0. The van der Waals surface area contributed by atoms with E-state index < -0.39 is 0 Å². The zero-order chi connectivity index (χ0) is 14.8. The monoisotopic (exact) mass is 380 g/mol. The fourth-order valence-electron chi connectivity index (χ4n) is 2.06. The molecule has 0 saturated heterocycles. The first-order valence-corrected chi connectivity index (χ1v) is 8.23. The number of benzene rings is 1. The molecule has 0 aliphatic carbocycles. The van der Waals surface area contributed by atoms with Crippen molar-refractivity contribution in [3.05, 3.63) is 61.8 Å². The molecule has 0 spiro atoms. The summed E-state index contributed by atoms with van der Waals surface area (Å²) in [6.07, 6.45) is 2.58. The van der Waals surface area contributed by atoms with Gasteiger partial charge in [0.1, 0.15) is 5.69 Å². The van der Waals surface area contributed by atoms with Crippen molar-refractivity contribution in [1.82, 2.24) is 9.78 Å². The van der Waals surface area contributed by atoms with Crippen LogP contribution in [0.25, 0.3) is 11.3 Å². The lowest BCUT2D eigenvalue weighted by Gasteiger charge is -2.04. The molecule has 0 aliphatic rings. The first-order valence-electron chi connectivity index (χ1n) is 6.18. The van der Waals surface area contributed by atoms with Gasteiger partial charge in [-0.2, -0.15) is 5.10 Å². The maximum Gasteiger partial charge on any atom is 0.153 e. The van der Waals surface area contributed by atoms with Gasteiger partial charge in [-0.15, -0.1) is 11.3 Å². The molecule has 0 bridgehead atoms. The van der Waals surface area contributed by atoms with E-state index in [1.807, 2.05) is 35.7 Å². The van der Waals surface area contributed by atoms with Crippen LogP contribution in [-0.2, 0) is 6.54 Å². The van der Waals surface area contributed by atoms with Crippen LogP contribution in [0, 0.1) is 0 Å². The summed E-state index contributed by atoms with van der Waals surface area (Å²) in [7, 11) is 0. The van der Waals surface area contributed by atoms with Gasteiger partial charge in [-0.05, 0) is 17.7 Å².